The molecule has 2 aromatic carbocycles. The average Bonchev–Trinajstić information content (AvgIpc) is 3.42. The van der Waals surface area contributed by atoms with Gasteiger partial charge in [-0.25, -0.2) is 13.2 Å². The number of amides is 1. The number of benzene rings is 2. The van der Waals surface area contributed by atoms with Gasteiger partial charge >= 0.3 is 5.76 Å². The number of oxazole rings is 1. The van der Waals surface area contributed by atoms with Crippen LogP contribution >= 0.6 is 0 Å². The van der Waals surface area contributed by atoms with Crippen molar-refractivity contribution in [2.75, 3.05) is 26.2 Å². The Bertz CT molecular complexity index is 1560. The second-order valence-electron chi connectivity index (χ2n) is 9.11. The van der Waals surface area contributed by atoms with Gasteiger partial charge in [0.05, 0.1) is 10.4 Å². The van der Waals surface area contributed by atoms with Crippen molar-refractivity contribution in [1.82, 2.24) is 18.8 Å². The normalized spacial score (nSPS) is 15.5. The van der Waals surface area contributed by atoms with E-state index in [1.54, 1.807) is 11.0 Å². The predicted octanol–water partition coefficient (Wildman–Crippen LogP) is 3.12. The molecule has 1 N–H and O–H groups in total. The van der Waals surface area contributed by atoms with Crippen molar-refractivity contribution < 1.29 is 17.6 Å². The highest BCUT2D eigenvalue weighted by Gasteiger charge is 2.30. The van der Waals surface area contributed by atoms with Crippen LogP contribution in [0.2, 0.25) is 0 Å². The van der Waals surface area contributed by atoms with Gasteiger partial charge in [0.1, 0.15) is 0 Å². The third-order valence-corrected chi connectivity index (χ3v) is 8.51. The minimum Gasteiger partial charge on any atom is -0.408 e. The maximum absolute atomic E-state index is 13.2. The van der Waals surface area contributed by atoms with Crippen LogP contribution < -0.4 is 5.76 Å². The molecule has 1 saturated heterocycles. The SMILES string of the molecule is CC(C)n1c(=O)oc2cc(S(=O)(=O)N3CCN(C(=O)CCc4c[nH]c5ccccc45)CC3)ccc21. The molecule has 4 aromatic rings. The molecular weight excluding hydrogens is 468 g/mol. The molecule has 1 amide bonds. The van der Waals surface area contributed by atoms with Gasteiger partial charge in [-0.1, -0.05) is 18.2 Å². The minimum atomic E-state index is -3.78. The molecule has 9 nitrogen and oxygen atoms in total. The van der Waals surface area contributed by atoms with Gasteiger partial charge in [-0.05, 0) is 44.0 Å². The van der Waals surface area contributed by atoms with Crippen LogP contribution in [0, 0.1) is 0 Å². The quantitative estimate of drug-likeness (QED) is 0.441. The molecule has 0 unspecified atom stereocenters. The van der Waals surface area contributed by atoms with Crippen LogP contribution in [-0.2, 0) is 21.2 Å². The first-order valence-corrected chi connectivity index (χ1v) is 13.2. The Labute approximate surface area is 203 Å². The number of hydrogen-bond donors (Lipinski definition) is 1. The van der Waals surface area contributed by atoms with Gasteiger partial charge in [-0.15, -0.1) is 0 Å². The summed E-state index contributed by atoms with van der Waals surface area (Å²) in [6, 6.07) is 12.4. The molecule has 3 heterocycles. The second kappa shape index (κ2) is 9.01. The van der Waals surface area contributed by atoms with E-state index < -0.39 is 15.8 Å². The number of hydrogen-bond acceptors (Lipinski definition) is 5. The zero-order valence-electron chi connectivity index (χ0n) is 19.7. The lowest BCUT2D eigenvalue weighted by Gasteiger charge is -2.34. The molecule has 1 aliphatic rings. The smallest absolute Gasteiger partial charge is 0.408 e. The fourth-order valence-corrected chi connectivity index (χ4v) is 6.17. The van der Waals surface area contributed by atoms with Crippen LogP contribution in [0.4, 0.5) is 0 Å². The Morgan fingerprint density at radius 3 is 2.57 bits per heavy atom. The van der Waals surface area contributed by atoms with Crippen LogP contribution in [0.25, 0.3) is 22.0 Å². The van der Waals surface area contributed by atoms with E-state index in [2.05, 4.69) is 4.98 Å². The molecule has 1 fully saturated rings. The lowest BCUT2D eigenvalue weighted by Crippen LogP contribution is -2.50. The minimum absolute atomic E-state index is 0.0190. The summed E-state index contributed by atoms with van der Waals surface area (Å²) in [7, 11) is -3.78. The van der Waals surface area contributed by atoms with Crippen molar-refractivity contribution in [3.05, 3.63) is 64.8 Å². The third-order valence-electron chi connectivity index (χ3n) is 6.61. The number of nitrogens with zero attached hydrogens (tertiary/aromatic N) is 3. The highest BCUT2D eigenvalue weighted by Crippen LogP contribution is 2.24. The Morgan fingerprint density at radius 2 is 1.83 bits per heavy atom. The fourth-order valence-electron chi connectivity index (χ4n) is 4.73. The molecule has 10 heteroatoms. The maximum Gasteiger partial charge on any atom is 0.420 e. The van der Waals surface area contributed by atoms with Crippen molar-refractivity contribution in [2.45, 2.75) is 37.6 Å². The molecule has 0 bridgehead atoms. The van der Waals surface area contributed by atoms with Crippen molar-refractivity contribution in [1.29, 1.82) is 0 Å². The number of piperazine rings is 1. The summed E-state index contributed by atoms with van der Waals surface area (Å²) < 4.78 is 34.6. The van der Waals surface area contributed by atoms with Gasteiger partial charge in [0.25, 0.3) is 0 Å². The summed E-state index contributed by atoms with van der Waals surface area (Å²) in [6.07, 6.45) is 2.94. The maximum atomic E-state index is 13.2. The molecule has 0 radical (unpaired) electrons. The molecule has 35 heavy (non-hydrogen) atoms. The van der Waals surface area contributed by atoms with Crippen LogP contribution in [0.1, 0.15) is 31.9 Å². The zero-order valence-corrected chi connectivity index (χ0v) is 20.5. The van der Waals surface area contributed by atoms with Crippen molar-refractivity contribution >= 4 is 37.9 Å². The van der Waals surface area contributed by atoms with Gasteiger partial charge in [-0.3, -0.25) is 9.36 Å². The molecule has 1 aliphatic heterocycles. The Kier molecular flexibility index (Phi) is 6.02. The molecule has 0 saturated carbocycles. The van der Waals surface area contributed by atoms with E-state index in [1.165, 1.54) is 21.0 Å². The molecule has 0 spiro atoms. The second-order valence-corrected chi connectivity index (χ2v) is 11.0. The lowest BCUT2D eigenvalue weighted by molar-refractivity contribution is -0.132. The molecule has 5 rings (SSSR count). The molecule has 184 valence electrons. The number of aromatic amines is 1. The molecule has 0 aliphatic carbocycles. The Morgan fingerprint density at radius 1 is 1.09 bits per heavy atom. The first-order valence-electron chi connectivity index (χ1n) is 11.7. The van der Waals surface area contributed by atoms with Crippen LogP contribution in [0.15, 0.2) is 62.8 Å². The van der Waals surface area contributed by atoms with Gasteiger partial charge in [0, 0.05) is 61.8 Å². The summed E-state index contributed by atoms with van der Waals surface area (Å²) >= 11 is 0. The number of sulfonamides is 1. The first kappa shape index (κ1) is 23.4. The zero-order chi connectivity index (χ0) is 24.7. The summed E-state index contributed by atoms with van der Waals surface area (Å²) in [5.41, 5.74) is 2.96. The van der Waals surface area contributed by atoms with E-state index in [4.69, 9.17) is 4.42 Å². The highest BCUT2D eigenvalue weighted by atomic mass is 32.2. The van der Waals surface area contributed by atoms with Gasteiger partial charge in [0.2, 0.25) is 15.9 Å². The van der Waals surface area contributed by atoms with Crippen LogP contribution in [0.3, 0.4) is 0 Å². The lowest BCUT2D eigenvalue weighted by atomic mass is 10.1. The summed E-state index contributed by atoms with van der Waals surface area (Å²) in [5, 5.41) is 1.12. The summed E-state index contributed by atoms with van der Waals surface area (Å²) in [6.45, 7) is 4.84. The van der Waals surface area contributed by atoms with Gasteiger partial charge in [0.15, 0.2) is 5.58 Å². The number of nitrogens with one attached hydrogen (secondary N) is 1. The monoisotopic (exact) mass is 496 g/mol. The van der Waals surface area contributed by atoms with Crippen LogP contribution in [0.5, 0.6) is 0 Å². The van der Waals surface area contributed by atoms with Crippen molar-refractivity contribution in [2.24, 2.45) is 0 Å². The van der Waals surface area contributed by atoms with E-state index in [-0.39, 0.29) is 35.5 Å². The molecule has 0 atom stereocenters. The number of H-pyrrole nitrogens is 1. The van der Waals surface area contributed by atoms with E-state index in [9.17, 15) is 18.0 Å². The standard InChI is InChI=1S/C25H28N4O5S/c1-17(2)29-22-9-8-19(15-23(22)34-25(29)31)35(32,33)28-13-11-27(12-14-28)24(30)10-7-18-16-26-21-6-4-3-5-20(18)21/h3-6,8-9,15-17,26H,7,10-14H2,1-2H3. The summed E-state index contributed by atoms with van der Waals surface area (Å²) in [5.74, 6) is -0.491. The molecular formula is C25H28N4O5S. The largest absolute Gasteiger partial charge is 0.420 e. The highest BCUT2D eigenvalue weighted by molar-refractivity contribution is 7.89. The van der Waals surface area contributed by atoms with Crippen molar-refractivity contribution in [3.8, 4) is 0 Å². The van der Waals surface area contributed by atoms with Gasteiger partial charge < -0.3 is 14.3 Å². The number of carbonyl (C=O) groups excluding carboxylic acids is 1. The summed E-state index contributed by atoms with van der Waals surface area (Å²) in [4.78, 5) is 30.0. The number of aryl methyl sites for hydroxylation is 1. The predicted molar refractivity (Wildman–Crippen MR) is 133 cm³/mol. The van der Waals surface area contributed by atoms with E-state index in [0.717, 1.165) is 16.5 Å². The average molecular weight is 497 g/mol. The number of rotatable bonds is 6. The van der Waals surface area contributed by atoms with E-state index in [0.29, 0.717) is 31.4 Å². The van der Waals surface area contributed by atoms with E-state index >= 15 is 0 Å². The van der Waals surface area contributed by atoms with Gasteiger partial charge in [-0.2, -0.15) is 4.31 Å². The Balaban J connectivity index is 1.23. The molecule has 2 aromatic heterocycles. The fraction of sp³-hybridized carbons (Fsp3) is 0.360. The topological polar surface area (TPSA) is 109 Å². The number of fused-ring (bicyclic) bond motifs is 2. The first-order chi connectivity index (χ1) is 16.8. The third kappa shape index (κ3) is 4.28. The Hall–Kier alpha value is -3.37. The van der Waals surface area contributed by atoms with Crippen LogP contribution in [-0.4, -0.2) is 59.3 Å². The number of carbonyl (C=O) groups is 1. The van der Waals surface area contributed by atoms with E-state index in [1.807, 2.05) is 44.3 Å². The number of aromatic nitrogens is 2. The number of para-hydroxylation sites is 1. The van der Waals surface area contributed by atoms with Crippen molar-refractivity contribution in [3.63, 3.8) is 0 Å².